The first-order valence-corrected chi connectivity index (χ1v) is 12.6. The first-order chi connectivity index (χ1) is 16.8. The molecule has 2 amide bonds. The van der Waals surface area contributed by atoms with Crippen molar-refractivity contribution in [2.75, 3.05) is 40.3 Å². The fraction of sp³-hybridized carbons (Fsp3) is 0.280. The zero-order valence-corrected chi connectivity index (χ0v) is 20.4. The highest BCUT2D eigenvalue weighted by Crippen LogP contribution is 2.29. The van der Waals surface area contributed by atoms with Crippen molar-refractivity contribution < 1.29 is 27.2 Å². The molecule has 1 aliphatic rings. The van der Waals surface area contributed by atoms with Gasteiger partial charge in [0.15, 0.2) is 5.76 Å². The summed E-state index contributed by atoms with van der Waals surface area (Å²) in [5.41, 5.74) is 1.08. The highest BCUT2D eigenvalue weighted by molar-refractivity contribution is 7.89. The van der Waals surface area contributed by atoms with E-state index in [2.05, 4.69) is 0 Å². The maximum absolute atomic E-state index is 13.4. The largest absolute Gasteiger partial charge is 0.495 e. The van der Waals surface area contributed by atoms with E-state index in [0.717, 1.165) is 5.56 Å². The monoisotopic (exact) mass is 497 g/mol. The van der Waals surface area contributed by atoms with E-state index in [9.17, 15) is 18.0 Å². The predicted octanol–water partition coefficient (Wildman–Crippen LogP) is 2.71. The number of rotatable bonds is 7. The van der Waals surface area contributed by atoms with Gasteiger partial charge in [0, 0.05) is 45.3 Å². The zero-order valence-electron chi connectivity index (χ0n) is 19.6. The molecule has 10 heteroatoms. The minimum atomic E-state index is -3.94. The maximum atomic E-state index is 13.4. The number of nitrogens with zero attached hydrogens (tertiary/aromatic N) is 3. The molecule has 184 valence electrons. The molecule has 1 fully saturated rings. The maximum Gasteiger partial charge on any atom is 0.289 e. The second kappa shape index (κ2) is 10.3. The van der Waals surface area contributed by atoms with Crippen LogP contribution in [0, 0.1) is 0 Å². The van der Waals surface area contributed by atoms with Crippen LogP contribution in [-0.2, 0) is 16.6 Å². The Hall–Kier alpha value is -3.63. The normalized spacial score (nSPS) is 14.3. The number of sulfonamides is 1. The molecule has 0 aliphatic carbocycles. The van der Waals surface area contributed by atoms with Crippen LogP contribution in [0.2, 0.25) is 0 Å². The molecule has 0 atom stereocenters. The topological polar surface area (TPSA) is 100 Å². The third-order valence-electron chi connectivity index (χ3n) is 5.93. The Bertz CT molecular complexity index is 1280. The zero-order chi connectivity index (χ0) is 25.0. The molecule has 0 radical (unpaired) electrons. The minimum Gasteiger partial charge on any atom is -0.495 e. The lowest BCUT2D eigenvalue weighted by atomic mass is 10.1. The van der Waals surface area contributed by atoms with E-state index < -0.39 is 10.0 Å². The summed E-state index contributed by atoms with van der Waals surface area (Å²) in [6.45, 7) is 1.54. The molecule has 3 aromatic rings. The molecule has 35 heavy (non-hydrogen) atoms. The Balaban J connectivity index is 1.50. The molecule has 1 aromatic heterocycles. The molecule has 2 heterocycles. The molecule has 0 saturated carbocycles. The molecule has 1 saturated heterocycles. The van der Waals surface area contributed by atoms with Gasteiger partial charge < -0.3 is 19.0 Å². The molecule has 0 unspecified atom stereocenters. The smallest absolute Gasteiger partial charge is 0.289 e. The average molecular weight is 498 g/mol. The van der Waals surface area contributed by atoms with Gasteiger partial charge in [0.2, 0.25) is 10.0 Å². The number of amides is 2. The van der Waals surface area contributed by atoms with Crippen molar-refractivity contribution in [3.63, 3.8) is 0 Å². The Kier molecular flexibility index (Phi) is 7.23. The van der Waals surface area contributed by atoms with Crippen LogP contribution in [0.1, 0.15) is 26.5 Å². The highest BCUT2D eigenvalue weighted by atomic mass is 32.2. The van der Waals surface area contributed by atoms with Gasteiger partial charge in [-0.15, -0.1) is 0 Å². The number of piperazine rings is 1. The van der Waals surface area contributed by atoms with E-state index in [1.54, 1.807) is 28.0 Å². The van der Waals surface area contributed by atoms with Crippen molar-refractivity contribution in [1.29, 1.82) is 0 Å². The first kappa shape index (κ1) is 24.5. The van der Waals surface area contributed by atoms with Crippen LogP contribution in [0.25, 0.3) is 0 Å². The Morgan fingerprint density at radius 3 is 2.20 bits per heavy atom. The second-order valence-corrected chi connectivity index (χ2v) is 10.2. The summed E-state index contributed by atoms with van der Waals surface area (Å²) in [5.74, 6) is -0.106. The van der Waals surface area contributed by atoms with Gasteiger partial charge in [0.25, 0.3) is 11.8 Å². The number of ether oxygens (including phenoxy) is 1. The first-order valence-electron chi connectivity index (χ1n) is 11.1. The molecule has 0 N–H and O–H groups in total. The number of furan rings is 1. The molecular weight excluding hydrogens is 470 g/mol. The van der Waals surface area contributed by atoms with Crippen LogP contribution in [0.5, 0.6) is 5.75 Å². The number of methoxy groups -OCH3 is 1. The van der Waals surface area contributed by atoms with E-state index in [4.69, 9.17) is 9.15 Å². The van der Waals surface area contributed by atoms with Crippen LogP contribution in [0.15, 0.2) is 76.2 Å². The van der Waals surface area contributed by atoms with Gasteiger partial charge in [-0.1, -0.05) is 30.3 Å². The van der Waals surface area contributed by atoms with Gasteiger partial charge in [-0.3, -0.25) is 9.59 Å². The fourth-order valence-electron chi connectivity index (χ4n) is 3.96. The Morgan fingerprint density at radius 2 is 1.60 bits per heavy atom. The van der Waals surface area contributed by atoms with Gasteiger partial charge in [-0.2, -0.15) is 4.31 Å². The summed E-state index contributed by atoms with van der Waals surface area (Å²) in [5, 5.41) is 0. The lowest BCUT2D eigenvalue weighted by Gasteiger charge is -2.34. The predicted molar refractivity (Wildman–Crippen MR) is 129 cm³/mol. The SMILES string of the molecule is COc1ccc(C(=O)N2CCN(C(=O)c3ccco3)CC2)cc1S(=O)(=O)N(C)Cc1ccccc1. The molecule has 4 rings (SSSR count). The average Bonchev–Trinajstić information content (AvgIpc) is 3.43. The van der Waals surface area contributed by atoms with Crippen LogP contribution < -0.4 is 4.74 Å². The van der Waals surface area contributed by atoms with Gasteiger partial charge in [-0.05, 0) is 35.9 Å². The molecule has 0 bridgehead atoms. The summed E-state index contributed by atoms with van der Waals surface area (Å²) in [6.07, 6.45) is 1.44. The molecular formula is C25H27N3O6S. The number of hydrogen-bond donors (Lipinski definition) is 0. The van der Waals surface area contributed by atoms with E-state index >= 15 is 0 Å². The highest BCUT2D eigenvalue weighted by Gasteiger charge is 2.30. The summed E-state index contributed by atoms with van der Waals surface area (Å²) in [7, 11) is -1.05. The number of hydrogen-bond acceptors (Lipinski definition) is 6. The lowest BCUT2D eigenvalue weighted by molar-refractivity contribution is 0.0518. The summed E-state index contributed by atoms with van der Waals surface area (Å²) < 4.78 is 38.4. The second-order valence-electron chi connectivity index (χ2n) is 8.17. The van der Waals surface area contributed by atoms with Crippen molar-refractivity contribution >= 4 is 21.8 Å². The summed E-state index contributed by atoms with van der Waals surface area (Å²) in [4.78, 5) is 28.8. The van der Waals surface area contributed by atoms with Crippen molar-refractivity contribution in [3.8, 4) is 5.75 Å². The quantitative estimate of drug-likeness (QED) is 0.498. The molecule has 9 nitrogen and oxygen atoms in total. The van der Waals surface area contributed by atoms with E-state index in [-0.39, 0.29) is 40.3 Å². The van der Waals surface area contributed by atoms with Gasteiger partial charge >= 0.3 is 0 Å². The van der Waals surface area contributed by atoms with Crippen LogP contribution in [-0.4, -0.2) is 74.7 Å². The van der Waals surface area contributed by atoms with Crippen molar-refractivity contribution in [1.82, 2.24) is 14.1 Å². The standard InChI is InChI=1S/C25H27N3O6S/c1-26(18-19-7-4-3-5-8-19)35(31,32)23-17-20(10-11-21(23)33-2)24(29)27-12-14-28(15-13-27)25(30)22-9-6-16-34-22/h3-11,16-17H,12-15,18H2,1-2H3. The molecule has 2 aromatic carbocycles. The van der Waals surface area contributed by atoms with Gasteiger partial charge in [0.05, 0.1) is 13.4 Å². The number of carbonyl (C=O) groups excluding carboxylic acids is 2. The number of benzene rings is 2. The lowest BCUT2D eigenvalue weighted by Crippen LogP contribution is -2.50. The third-order valence-corrected chi connectivity index (χ3v) is 7.76. The minimum absolute atomic E-state index is 0.0732. The van der Waals surface area contributed by atoms with Crippen molar-refractivity contribution in [3.05, 3.63) is 83.8 Å². The van der Waals surface area contributed by atoms with E-state index in [1.807, 2.05) is 30.3 Å². The van der Waals surface area contributed by atoms with Gasteiger partial charge in [-0.25, -0.2) is 8.42 Å². The van der Waals surface area contributed by atoms with Gasteiger partial charge in [0.1, 0.15) is 10.6 Å². The van der Waals surface area contributed by atoms with Crippen molar-refractivity contribution in [2.24, 2.45) is 0 Å². The van der Waals surface area contributed by atoms with E-state index in [1.165, 1.54) is 36.9 Å². The summed E-state index contributed by atoms with van der Waals surface area (Å²) in [6, 6.07) is 16.9. The Morgan fingerprint density at radius 1 is 0.943 bits per heavy atom. The fourth-order valence-corrected chi connectivity index (χ4v) is 5.29. The Labute approximate surface area is 204 Å². The van der Waals surface area contributed by atoms with Crippen LogP contribution in [0.4, 0.5) is 0 Å². The number of carbonyl (C=O) groups is 2. The molecule has 1 aliphatic heterocycles. The third kappa shape index (κ3) is 5.23. The summed E-state index contributed by atoms with van der Waals surface area (Å²) >= 11 is 0. The van der Waals surface area contributed by atoms with Crippen molar-refractivity contribution in [2.45, 2.75) is 11.4 Å². The van der Waals surface area contributed by atoms with E-state index in [0.29, 0.717) is 26.2 Å². The molecule has 0 spiro atoms. The van der Waals surface area contributed by atoms with Crippen LogP contribution in [0.3, 0.4) is 0 Å². The van der Waals surface area contributed by atoms with Crippen LogP contribution >= 0.6 is 0 Å².